The second-order valence-electron chi connectivity index (χ2n) is 6.08. The summed E-state index contributed by atoms with van der Waals surface area (Å²) in [5, 5.41) is 2.25. The predicted molar refractivity (Wildman–Crippen MR) is 94.5 cm³/mol. The molecule has 0 bridgehead atoms. The molecule has 1 N–H and O–H groups in total. The Morgan fingerprint density at radius 2 is 2.08 bits per heavy atom. The van der Waals surface area contributed by atoms with E-state index in [1.807, 2.05) is 24.3 Å². The van der Waals surface area contributed by atoms with Gasteiger partial charge in [-0.05, 0) is 52.9 Å². The van der Waals surface area contributed by atoms with E-state index in [1.165, 1.54) is 0 Å². The molecule has 1 aliphatic heterocycles. The summed E-state index contributed by atoms with van der Waals surface area (Å²) in [6, 6.07) is 15.7. The Morgan fingerprint density at radius 1 is 1.17 bits per heavy atom. The maximum Gasteiger partial charge on any atom is 0.247 e. The summed E-state index contributed by atoms with van der Waals surface area (Å²) in [7, 11) is 0. The first-order chi connectivity index (χ1) is 11.8. The minimum atomic E-state index is -0.103. The molecule has 0 aliphatic carbocycles. The van der Waals surface area contributed by atoms with Crippen LogP contribution >= 0.6 is 0 Å². The number of fused-ring (bicyclic) bond motifs is 1. The number of nitrogens with one attached hydrogen (secondary N) is 1. The lowest BCUT2D eigenvalue weighted by molar-refractivity contribution is 0.0680. The molecule has 1 atom stereocenters. The predicted octanol–water partition coefficient (Wildman–Crippen LogP) is 3.75. The third-order valence-corrected chi connectivity index (χ3v) is 4.39. The molecule has 1 saturated heterocycles. The fraction of sp³-hybridized carbons (Fsp3) is 0.250. The van der Waals surface area contributed by atoms with E-state index in [1.54, 1.807) is 12.3 Å². The molecule has 4 nitrogen and oxygen atoms in total. The van der Waals surface area contributed by atoms with Gasteiger partial charge < -0.3 is 14.5 Å². The van der Waals surface area contributed by atoms with Crippen molar-refractivity contribution in [3.8, 4) is 16.9 Å². The molecule has 24 heavy (non-hydrogen) atoms. The van der Waals surface area contributed by atoms with E-state index in [0.717, 1.165) is 47.1 Å². The molecule has 0 radical (unpaired) electrons. The Bertz CT molecular complexity index is 890. The van der Waals surface area contributed by atoms with Gasteiger partial charge in [-0.1, -0.05) is 24.3 Å². The lowest BCUT2D eigenvalue weighted by Crippen LogP contribution is -2.16. The number of aromatic nitrogens is 1. The van der Waals surface area contributed by atoms with Gasteiger partial charge in [-0.25, -0.2) is 0 Å². The highest BCUT2D eigenvalue weighted by Crippen LogP contribution is 2.32. The van der Waals surface area contributed by atoms with Gasteiger partial charge in [0.05, 0.1) is 6.10 Å². The zero-order chi connectivity index (χ0) is 16.4. The summed E-state index contributed by atoms with van der Waals surface area (Å²) < 4.78 is 11.6. The first kappa shape index (κ1) is 15.0. The molecule has 2 heterocycles. The average Bonchev–Trinajstić information content (AvgIpc) is 3.13. The zero-order valence-electron chi connectivity index (χ0n) is 13.3. The number of pyridine rings is 1. The van der Waals surface area contributed by atoms with Gasteiger partial charge in [0.1, 0.15) is 12.4 Å². The lowest BCUT2D eigenvalue weighted by atomic mass is 9.99. The molecule has 4 rings (SSSR count). The second kappa shape index (κ2) is 6.49. The van der Waals surface area contributed by atoms with Gasteiger partial charge in [0, 0.05) is 18.9 Å². The Hall–Kier alpha value is -2.59. The van der Waals surface area contributed by atoms with Crippen molar-refractivity contribution in [3.05, 3.63) is 65.1 Å². The number of ether oxygens (including phenoxy) is 2. The number of H-pyrrole nitrogens is 1. The standard InChI is InChI=1S/C20H19NO3/c22-20-8-7-15(12-21-20)19-11-17(24-13-16-5-3-9-23-16)10-14-4-1-2-6-18(14)19/h1-2,4,6-8,10-12,16H,3,5,9,13H2,(H,21,22). The molecular formula is C20H19NO3. The quantitative estimate of drug-likeness (QED) is 0.796. The molecule has 1 fully saturated rings. The highest BCUT2D eigenvalue weighted by molar-refractivity contribution is 5.97. The van der Waals surface area contributed by atoms with Gasteiger partial charge >= 0.3 is 0 Å². The van der Waals surface area contributed by atoms with Gasteiger partial charge in [-0.2, -0.15) is 0 Å². The van der Waals surface area contributed by atoms with Crippen LogP contribution in [0.15, 0.2) is 59.5 Å². The van der Waals surface area contributed by atoms with E-state index >= 15 is 0 Å². The summed E-state index contributed by atoms with van der Waals surface area (Å²) in [5.41, 5.74) is 1.91. The molecule has 0 spiro atoms. The van der Waals surface area contributed by atoms with Crippen LogP contribution in [0.1, 0.15) is 12.8 Å². The first-order valence-electron chi connectivity index (χ1n) is 8.26. The third kappa shape index (κ3) is 3.05. The van der Waals surface area contributed by atoms with Crippen LogP contribution in [0.25, 0.3) is 21.9 Å². The van der Waals surface area contributed by atoms with E-state index in [4.69, 9.17) is 9.47 Å². The van der Waals surface area contributed by atoms with E-state index in [2.05, 4.69) is 23.2 Å². The zero-order valence-corrected chi connectivity index (χ0v) is 13.3. The maximum atomic E-state index is 11.3. The first-order valence-corrected chi connectivity index (χ1v) is 8.26. The molecule has 2 aromatic carbocycles. The average molecular weight is 321 g/mol. The van der Waals surface area contributed by atoms with Gasteiger partial charge in [-0.3, -0.25) is 4.79 Å². The van der Waals surface area contributed by atoms with Crippen molar-refractivity contribution in [1.82, 2.24) is 4.98 Å². The van der Waals surface area contributed by atoms with Crippen molar-refractivity contribution in [2.75, 3.05) is 13.2 Å². The Morgan fingerprint density at radius 3 is 2.88 bits per heavy atom. The Balaban J connectivity index is 1.72. The van der Waals surface area contributed by atoms with Crippen molar-refractivity contribution in [1.29, 1.82) is 0 Å². The van der Waals surface area contributed by atoms with Crippen LogP contribution in [0.3, 0.4) is 0 Å². The lowest BCUT2D eigenvalue weighted by Gasteiger charge is -2.14. The normalized spacial score (nSPS) is 17.2. The smallest absolute Gasteiger partial charge is 0.247 e. The molecule has 4 heteroatoms. The highest BCUT2D eigenvalue weighted by atomic mass is 16.5. The molecule has 0 amide bonds. The van der Waals surface area contributed by atoms with E-state index in [-0.39, 0.29) is 11.7 Å². The molecule has 1 aliphatic rings. The van der Waals surface area contributed by atoms with Crippen molar-refractivity contribution >= 4 is 10.8 Å². The molecular weight excluding hydrogens is 302 g/mol. The molecule has 1 aromatic heterocycles. The maximum absolute atomic E-state index is 11.3. The largest absolute Gasteiger partial charge is 0.491 e. The van der Waals surface area contributed by atoms with Crippen LogP contribution in [-0.2, 0) is 4.74 Å². The molecule has 0 saturated carbocycles. The van der Waals surface area contributed by atoms with Gasteiger partial charge in [0.2, 0.25) is 5.56 Å². The molecule has 122 valence electrons. The van der Waals surface area contributed by atoms with Crippen LogP contribution in [0.4, 0.5) is 0 Å². The van der Waals surface area contributed by atoms with Crippen LogP contribution in [-0.4, -0.2) is 24.3 Å². The second-order valence-corrected chi connectivity index (χ2v) is 6.08. The summed E-state index contributed by atoms with van der Waals surface area (Å²) in [6.45, 7) is 1.40. The molecule has 1 unspecified atom stereocenters. The molecule has 3 aromatic rings. The van der Waals surface area contributed by atoms with E-state index < -0.39 is 0 Å². The van der Waals surface area contributed by atoms with Gasteiger partial charge in [0.25, 0.3) is 0 Å². The van der Waals surface area contributed by atoms with Crippen LogP contribution in [0.5, 0.6) is 5.75 Å². The van der Waals surface area contributed by atoms with Crippen LogP contribution in [0, 0.1) is 0 Å². The van der Waals surface area contributed by atoms with Gasteiger partial charge in [-0.15, -0.1) is 0 Å². The number of aromatic amines is 1. The summed E-state index contributed by atoms with van der Waals surface area (Å²) in [5.74, 6) is 0.824. The summed E-state index contributed by atoms with van der Waals surface area (Å²) in [6.07, 6.45) is 4.09. The Labute approximate surface area is 140 Å². The highest BCUT2D eigenvalue weighted by Gasteiger charge is 2.16. The number of hydrogen-bond acceptors (Lipinski definition) is 3. The monoisotopic (exact) mass is 321 g/mol. The SMILES string of the molecule is O=c1ccc(-c2cc(OCC3CCCO3)cc3ccccc23)c[nH]1. The Kier molecular flexibility index (Phi) is 4.05. The van der Waals surface area contributed by atoms with Crippen LogP contribution in [0.2, 0.25) is 0 Å². The minimum Gasteiger partial charge on any atom is -0.491 e. The summed E-state index contributed by atoms with van der Waals surface area (Å²) >= 11 is 0. The number of hydrogen-bond donors (Lipinski definition) is 1. The fourth-order valence-corrected chi connectivity index (χ4v) is 3.15. The van der Waals surface area contributed by atoms with Crippen LogP contribution < -0.4 is 10.3 Å². The van der Waals surface area contributed by atoms with Crippen molar-refractivity contribution in [2.45, 2.75) is 18.9 Å². The van der Waals surface area contributed by atoms with Gasteiger partial charge in [0.15, 0.2) is 0 Å². The summed E-state index contributed by atoms with van der Waals surface area (Å²) in [4.78, 5) is 14.1. The minimum absolute atomic E-state index is 0.103. The van der Waals surface area contributed by atoms with E-state index in [0.29, 0.717) is 6.61 Å². The number of rotatable bonds is 4. The fourth-order valence-electron chi connectivity index (χ4n) is 3.15. The third-order valence-electron chi connectivity index (χ3n) is 4.39. The topological polar surface area (TPSA) is 51.3 Å². The van der Waals surface area contributed by atoms with Crippen molar-refractivity contribution in [3.63, 3.8) is 0 Å². The van der Waals surface area contributed by atoms with E-state index in [9.17, 15) is 4.79 Å². The number of benzene rings is 2. The van der Waals surface area contributed by atoms with Crippen molar-refractivity contribution < 1.29 is 9.47 Å². The van der Waals surface area contributed by atoms with Crippen molar-refractivity contribution in [2.24, 2.45) is 0 Å².